The van der Waals surface area contributed by atoms with Crippen LogP contribution in [-0.4, -0.2) is 30.1 Å². The smallest absolute Gasteiger partial charge is 0.234 e. The van der Waals surface area contributed by atoms with Gasteiger partial charge >= 0.3 is 0 Å². The summed E-state index contributed by atoms with van der Waals surface area (Å²) in [6.45, 7) is 1.72. The Labute approximate surface area is 82.5 Å². The van der Waals surface area contributed by atoms with Crippen LogP contribution in [0.4, 0.5) is 0 Å². The fourth-order valence-corrected chi connectivity index (χ4v) is 2.40. The number of amides is 1. The molecule has 0 aromatic heterocycles. The van der Waals surface area contributed by atoms with Crippen LogP contribution in [0.2, 0.25) is 0 Å². The summed E-state index contributed by atoms with van der Waals surface area (Å²) in [4.78, 5) is 10.8. The van der Waals surface area contributed by atoms with E-state index in [0.29, 0.717) is 11.7 Å². The highest BCUT2D eigenvalue weighted by Gasteiger charge is 2.13. The third-order valence-corrected chi connectivity index (χ3v) is 3.39. The molecule has 13 heavy (non-hydrogen) atoms. The van der Waals surface area contributed by atoms with Gasteiger partial charge in [-0.3, -0.25) is 10.2 Å². The van der Waals surface area contributed by atoms with Gasteiger partial charge in [0.15, 0.2) is 0 Å². The highest BCUT2D eigenvalue weighted by atomic mass is 32.2. The number of hydrogen-bond acceptors (Lipinski definition) is 4. The summed E-state index contributed by atoms with van der Waals surface area (Å²) < 4.78 is 5.24. The van der Waals surface area contributed by atoms with Crippen molar-refractivity contribution in [3.8, 4) is 0 Å². The summed E-state index contributed by atoms with van der Waals surface area (Å²) in [6, 6.07) is 0. The van der Waals surface area contributed by atoms with Crippen molar-refractivity contribution in [3.63, 3.8) is 0 Å². The molecule has 1 heterocycles. The number of rotatable bonds is 4. The van der Waals surface area contributed by atoms with Crippen molar-refractivity contribution >= 4 is 17.7 Å². The molecule has 1 fully saturated rings. The van der Waals surface area contributed by atoms with Gasteiger partial charge in [-0.2, -0.15) is 11.8 Å². The molecule has 1 amide bonds. The second-order valence-corrected chi connectivity index (χ2v) is 4.41. The van der Waals surface area contributed by atoms with E-state index in [2.05, 4.69) is 5.43 Å². The van der Waals surface area contributed by atoms with Crippen LogP contribution >= 0.6 is 11.8 Å². The maximum atomic E-state index is 10.8. The fourth-order valence-electron chi connectivity index (χ4n) is 1.23. The second kappa shape index (κ2) is 6.23. The molecule has 0 unspecified atom stereocenters. The Kier molecular flexibility index (Phi) is 5.19. The molecule has 1 rings (SSSR count). The van der Waals surface area contributed by atoms with Crippen LogP contribution in [-0.2, 0) is 9.53 Å². The molecule has 1 saturated heterocycles. The Hall–Kier alpha value is -0.260. The zero-order valence-electron chi connectivity index (χ0n) is 7.62. The van der Waals surface area contributed by atoms with E-state index < -0.39 is 0 Å². The van der Waals surface area contributed by atoms with Crippen LogP contribution < -0.4 is 11.3 Å². The summed E-state index contributed by atoms with van der Waals surface area (Å²) >= 11 is 1.84. The number of hydrogen-bond donors (Lipinski definition) is 2. The number of nitrogens with one attached hydrogen (secondary N) is 1. The van der Waals surface area contributed by atoms with Crippen molar-refractivity contribution in [1.82, 2.24) is 5.43 Å². The first-order chi connectivity index (χ1) is 6.33. The molecule has 0 aromatic rings. The van der Waals surface area contributed by atoms with E-state index in [0.717, 1.165) is 31.8 Å². The Morgan fingerprint density at radius 3 is 2.85 bits per heavy atom. The van der Waals surface area contributed by atoms with Crippen LogP contribution in [0.3, 0.4) is 0 Å². The van der Waals surface area contributed by atoms with Gasteiger partial charge in [0.2, 0.25) is 5.91 Å². The predicted octanol–water partition coefficient (Wildman–Crippen LogP) is 0.279. The standard InChI is InChI=1S/C8H16N2O2S/c9-10-8(11)3-6-13-7-1-4-12-5-2-7/h7H,1-6,9H2,(H,10,11). The predicted molar refractivity (Wildman–Crippen MR) is 53.2 cm³/mol. The number of hydrazine groups is 1. The Morgan fingerprint density at radius 1 is 1.54 bits per heavy atom. The first-order valence-corrected chi connectivity index (χ1v) is 5.56. The topological polar surface area (TPSA) is 64.3 Å². The van der Waals surface area contributed by atoms with Gasteiger partial charge < -0.3 is 4.74 Å². The molecule has 0 atom stereocenters. The van der Waals surface area contributed by atoms with Crippen molar-refractivity contribution in [1.29, 1.82) is 0 Å². The lowest BCUT2D eigenvalue weighted by atomic mass is 10.2. The highest BCUT2D eigenvalue weighted by Crippen LogP contribution is 2.22. The zero-order chi connectivity index (χ0) is 9.52. The van der Waals surface area contributed by atoms with Crippen LogP contribution in [0, 0.1) is 0 Å². The molecular weight excluding hydrogens is 188 g/mol. The minimum absolute atomic E-state index is 0.0837. The van der Waals surface area contributed by atoms with Crippen molar-refractivity contribution in [2.45, 2.75) is 24.5 Å². The summed E-state index contributed by atoms with van der Waals surface area (Å²) in [5, 5.41) is 0.666. The number of carbonyl (C=O) groups is 1. The first kappa shape index (κ1) is 10.8. The largest absolute Gasteiger partial charge is 0.381 e. The lowest BCUT2D eigenvalue weighted by Crippen LogP contribution is -2.30. The normalized spacial score (nSPS) is 18.5. The van der Waals surface area contributed by atoms with Crippen LogP contribution in [0.25, 0.3) is 0 Å². The van der Waals surface area contributed by atoms with Crippen LogP contribution in [0.15, 0.2) is 0 Å². The average Bonchev–Trinajstić information content (AvgIpc) is 2.19. The van der Waals surface area contributed by atoms with E-state index in [1.165, 1.54) is 0 Å². The summed E-state index contributed by atoms with van der Waals surface area (Å²) in [5.74, 6) is 5.73. The van der Waals surface area contributed by atoms with E-state index in [1.807, 2.05) is 11.8 Å². The molecular formula is C8H16N2O2S. The van der Waals surface area contributed by atoms with E-state index in [4.69, 9.17) is 10.6 Å². The number of ether oxygens (including phenoxy) is 1. The molecule has 0 radical (unpaired) electrons. The van der Waals surface area contributed by atoms with Crippen molar-refractivity contribution < 1.29 is 9.53 Å². The summed E-state index contributed by atoms with van der Waals surface area (Å²) in [5.41, 5.74) is 2.13. The molecule has 1 aliphatic heterocycles. The van der Waals surface area contributed by atoms with Gasteiger partial charge in [0, 0.05) is 30.6 Å². The SMILES string of the molecule is NNC(=O)CCSC1CCOCC1. The lowest BCUT2D eigenvalue weighted by Gasteiger charge is -2.21. The lowest BCUT2D eigenvalue weighted by molar-refractivity contribution is -0.120. The number of carbonyl (C=O) groups excluding carboxylic acids is 1. The number of thioether (sulfide) groups is 1. The minimum atomic E-state index is -0.0837. The maximum Gasteiger partial charge on any atom is 0.234 e. The monoisotopic (exact) mass is 204 g/mol. The second-order valence-electron chi connectivity index (χ2n) is 3.00. The van der Waals surface area contributed by atoms with Crippen molar-refractivity contribution in [2.24, 2.45) is 5.84 Å². The first-order valence-electron chi connectivity index (χ1n) is 4.51. The minimum Gasteiger partial charge on any atom is -0.381 e. The quantitative estimate of drug-likeness (QED) is 0.392. The Bertz CT molecular complexity index is 160. The maximum absolute atomic E-state index is 10.8. The molecule has 0 spiro atoms. The van der Waals surface area contributed by atoms with E-state index in [1.54, 1.807) is 0 Å². The average molecular weight is 204 g/mol. The van der Waals surface area contributed by atoms with Gasteiger partial charge in [-0.25, -0.2) is 5.84 Å². The van der Waals surface area contributed by atoms with Gasteiger partial charge in [0.25, 0.3) is 0 Å². The molecule has 76 valence electrons. The zero-order valence-corrected chi connectivity index (χ0v) is 8.44. The van der Waals surface area contributed by atoms with Crippen molar-refractivity contribution in [2.75, 3.05) is 19.0 Å². The molecule has 3 N–H and O–H groups in total. The van der Waals surface area contributed by atoms with Gasteiger partial charge in [0.05, 0.1) is 0 Å². The van der Waals surface area contributed by atoms with E-state index in [9.17, 15) is 4.79 Å². The van der Waals surface area contributed by atoms with Gasteiger partial charge in [-0.05, 0) is 12.8 Å². The molecule has 0 bridgehead atoms. The van der Waals surface area contributed by atoms with Gasteiger partial charge in [0.1, 0.15) is 0 Å². The van der Waals surface area contributed by atoms with Crippen molar-refractivity contribution in [3.05, 3.63) is 0 Å². The summed E-state index contributed by atoms with van der Waals surface area (Å²) in [6.07, 6.45) is 2.72. The molecule has 0 aromatic carbocycles. The summed E-state index contributed by atoms with van der Waals surface area (Å²) in [7, 11) is 0. The Balaban J connectivity index is 2.01. The van der Waals surface area contributed by atoms with Crippen LogP contribution in [0.5, 0.6) is 0 Å². The fraction of sp³-hybridized carbons (Fsp3) is 0.875. The van der Waals surface area contributed by atoms with E-state index >= 15 is 0 Å². The molecule has 0 saturated carbocycles. The highest BCUT2D eigenvalue weighted by molar-refractivity contribution is 7.99. The van der Waals surface area contributed by atoms with Gasteiger partial charge in [-0.15, -0.1) is 0 Å². The molecule has 1 aliphatic rings. The molecule has 4 nitrogen and oxygen atoms in total. The third-order valence-electron chi connectivity index (χ3n) is 2.01. The molecule has 5 heteroatoms. The van der Waals surface area contributed by atoms with Crippen LogP contribution in [0.1, 0.15) is 19.3 Å². The molecule has 0 aliphatic carbocycles. The van der Waals surface area contributed by atoms with Gasteiger partial charge in [-0.1, -0.05) is 0 Å². The third kappa shape index (κ3) is 4.50. The number of nitrogens with two attached hydrogens (primary N) is 1. The van der Waals surface area contributed by atoms with E-state index in [-0.39, 0.29) is 5.91 Å². The Morgan fingerprint density at radius 2 is 2.23 bits per heavy atom.